The summed E-state index contributed by atoms with van der Waals surface area (Å²) in [7, 11) is 1.64. The molecular weight excluding hydrogens is 388 g/mol. The van der Waals surface area contributed by atoms with E-state index in [4.69, 9.17) is 14.2 Å². The van der Waals surface area contributed by atoms with Gasteiger partial charge in [0.05, 0.1) is 20.0 Å². The quantitative estimate of drug-likeness (QED) is 0.461. The average molecular weight is 417 g/mol. The summed E-state index contributed by atoms with van der Waals surface area (Å²) in [6, 6.07) is 24.0. The van der Waals surface area contributed by atoms with Crippen molar-refractivity contribution in [2.24, 2.45) is 4.99 Å². The monoisotopic (exact) mass is 416 g/mol. The zero-order valence-corrected chi connectivity index (χ0v) is 18.0. The normalized spacial score (nSPS) is 13.8. The molecule has 0 aromatic heterocycles. The minimum atomic E-state index is 0.361. The van der Waals surface area contributed by atoms with E-state index in [9.17, 15) is 0 Å². The van der Waals surface area contributed by atoms with Gasteiger partial charge in [0.2, 0.25) is 5.75 Å². The molecule has 0 N–H and O–H groups in total. The van der Waals surface area contributed by atoms with Crippen LogP contribution in [0.3, 0.4) is 0 Å². The van der Waals surface area contributed by atoms with Crippen LogP contribution in [0.2, 0.25) is 0 Å². The lowest BCUT2D eigenvalue weighted by atomic mass is 10.0. The zero-order valence-electron chi connectivity index (χ0n) is 18.0. The molecular formula is C26H28N2O3. The molecule has 31 heavy (non-hydrogen) atoms. The fourth-order valence-electron chi connectivity index (χ4n) is 3.62. The van der Waals surface area contributed by atoms with Gasteiger partial charge in [0.15, 0.2) is 11.5 Å². The smallest absolute Gasteiger partial charge is 0.211 e. The van der Waals surface area contributed by atoms with Crippen molar-refractivity contribution in [2.75, 3.05) is 26.7 Å². The molecule has 0 saturated heterocycles. The van der Waals surface area contributed by atoms with Crippen molar-refractivity contribution in [2.45, 2.75) is 19.4 Å². The van der Waals surface area contributed by atoms with Crippen LogP contribution in [0.1, 0.15) is 24.0 Å². The van der Waals surface area contributed by atoms with Crippen LogP contribution in [-0.4, -0.2) is 38.0 Å². The van der Waals surface area contributed by atoms with Crippen molar-refractivity contribution in [3.8, 4) is 23.0 Å². The lowest BCUT2D eigenvalue weighted by Crippen LogP contribution is -2.24. The number of methoxy groups -OCH3 is 1. The van der Waals surface area contributed by atoms with Crippen LogP contribution >= 0.6 is 0 Å². The van der Waals surface area contributed by atoms with Gasteiger partial charge in [-0.15, -0.1) is 0 Å². The number of ether oxygens (including phenoxy) is 3. The molecule has 0 amide bonds. The minimum Gasteiger partial charge on any atom is -0.493 e. The first-order valence-electron chi connectivity index (χ1n) is 10.6. The number of hydrogen-bond acceptors (Lipinski definition) is 5. The molecule has 4 rings (SSSR count). The Morgan fingerprint density at radius 1 is 0.968 bits per heavy atom. The summed E-state index contributed by atoms with van der Waals surface area (Å²) < 4.78 is 17.9. The molecule has 0 bridgehead atoms. The van der Waals surface area contributed by atoms with Gasteiger partial charge >= 0.3 is 0 Å². The molecule has 160 valence electrons. The Balaban J connectivity index is 1.52. The standard InChI is InChI=1S/C26H28N2O3/c1-20(17-28-15-14-27-19-28)22-10-6-11-23(16-22)31-26-24(29-2)12-7-13-25(26)30-18-21-8-4-3-5-9-21/h3-13,16,19-20H,14-15,17-18H2,1-2H3. The van der Waals surface area contributed by atoms with Gasteiger partial charge in [-0.3, -0.25) is 4.99 Å². The molecule has 0 aliphatic carbocycles. The van der Waals surface area contributed by atoms with Gasteiger partial charge in [-0.2, -0.15) is 0 Å². The molecule has 0 saturated carbocycles. The SMILES string of the molecule is COc1cccc(OCc2ccccc2)c1Oc1cccc(C(C)CN2C=NCC2)c1. The maximum absolute atomic E-state index is 6.29. The second-order valence-electron chi connectivity index (χ2n) is 7.65. The lowest BCUT2D eigenvalue weighted by molar-refractivity contribution is 0.284. The van der Waals surface area contributed by atoms with Crippen LogP contribution in [0.15, 0.2) is 77.8 Å². The van der Waals surface area contributed by atoms with Gasteiger partial charge in [0.1, 0.15) is 12.4 Å². The highest BCUT2D eigenvalue weighted by atomic mass is 16.5. The van der Waals surface area contributed by atoms with E-state index in [-0.39, 0.29) is 0 Å². The van der Waals surface area contributed by atoms with Crippen molar-refractivity contribution in [3.05, 3.63) is 83.9 Å². The predicted molar refractivity (Wildman–Crippen MR) is 124 cm³/mol. The van der Waals surface area contributed by atoms with E-state index in [0.29, 0.717) is 29.8 Å². The van der Waals surface area contributed by atoms with Crippen LogP contribution in [0, 0.1) is 0 Å². The van der Waals surface area contributed by atoms with Gasteiger partial charge in [-0.05, 0) is 41.3 Å². The Labute approximate surface area is 183 Å². The van der Waals surface area contributed by atoms with Crippen LogP contribution in [0.25, 0.3) is 0 Å². The highest BCUT2D eigenvalue weighted by Crippen LogP contribution is 2.41. The highest BCUT2D eigenvalue weighted by molar-refractivity contribution is 5.57. The van der Waals surface area contributed by atoms with Crippen LogP contribution in [0.5, 0.6) is 23.0 Å². The fourth-order valence-corrected chi connectivity index (χ4v) is 3.62. The third kappa shape index (κ3) is 5.37. The molecule has 3 aromatic carbocycles. The summed E-state index contributed by atoms with van der Waals surface area (Å²) in [5.74, 6) is 2.98. The van der Waals surface area contributed by atoms with Crippen LogP contribution < -0.4 is 14.2 Å². The summed E-state index contributed by atoms with van der Waals surface area (Å²) in [6.07, 6.45) is 1.95. The number of rotatable bonds is 9. The van der Waals surface area contributed by atoms with Crippen molar-refractivity contribution in [1.29, 1.82) is 0 Å². The van der Waals surface area contributed by atoms with Gasteiger partial charge in [-0.1, -0.05) is 55.5 Å². The molecule has 0 radical (unpaired) electrons. The second-order valence-corrected chi connectivity index (χ2v) is 7.65. The Morgan fingerprint density at radius 2 is 1.77 bits per heavy atom. The van der Waals surface area contributed by atoms with Gasteiger partial charge in [0.25, 0.3) is 0 Å². The highest BCUT2D eigenvalue weighted by Gasteiger charge is 2.16. The predicted octanol–water partition coefficient (Wildman–Crippen LogP) is 5.51. The second kappa shape index (κ2) is 10.0. The Kier molecular flexibility index (Phi) is 6.72. The first kappa shape index (κ1) is 20.8. The molecule has 1 aliphatic heterocycles. The molecule has 5 nitrogen and oxygen atoms in total. The van der Waals surface area contributed by atoms with Gasteiger partial charge in [0, 0.05) is 13.1 Å². The van der Waals surface area contributed by atoms with Crippen LogP contribution in [0.4, 0.5) is 0 Å². The van der Waals surface area contributed by atoms with Crippen molar-refractivity contribution >= 4 is 6.34 Å². The van der Waals surface area contributed by atoms with Crippen molar-refractivity contribution < 1.29 is 14.2 Å². The first-order chi connectivity index (χ1) is 15.2. The number of para-hydroxylation sites is 1. The van der Waals surface area contributed by atoms with Crippen molar-refractivity contribution in [3.63, 3.8) is 0 Å². The lowest BCUT2D eigenvalue weighted by Gasteiger charge is -2.21. The summed E-state index contributed by atoms with van der Waals surface area (Å²) in [4.78, 5) is 6.56. The maximum Gasteiger partial charge on any atom is 0.211 e. The van der Waals surface area contributed by atoms with Crippen molar-refractivity contribution in [1.82, 2.24) is 4.90 Å². The van der Waals surface area contributed by atoms with E-state index in [1.807, 2.05) is 67.0 Å². The summed E-state index contributed by atoms with van der Waals surface area (Å²) in [5, 5.41) is 0. The maximum atomic E-state index is 6.29. The van der Waals surface area contributed by atoms with E-state index in [0.717, 1.165) is 30.9 Å². The molecule has 1 unspecified atom stereocenters. The van der Waals surface area contributed by atoms with E-state index >= 15 is 0 Å². The number of nitrogens with zero attached hydrogens (tertiary/aromatic N) is 2. The molecule has 1 aliphatic rings. The molecule has 3 aromatic rings. The third-order valence-corrected chi connectivity index (χ3v) is 5.32. The molecule has 0 fully saturated rings. The first-order valence-corrected chi connectivity index (χ1v) is 10.6. The summed E-state index contributed by atoms with van der Waals surface area (Å²) >= 11 is 0. The topological polar surface area (TPSA) is 43.3 Å². The van der Waals surface area contributed by atoms with E-state index in [1.165, 1.54) is 5.56 Å². The van der Waals surface area contributed by atoms with Gasteiger partial charge < -0.3 is 19.1 Å². The Bertz CT molecular complexity index is 1020. The summed E-state index contributed by atoms with van der Waals surface area (Å²) in [6.45, 7) is 5.49. The van der Waals surface area contributed by atoms with E-state index < -0.39 is 0 Å². The Hall–Kier alpha value is -3.47. The van der Waals surface area contributed by atoms with E-state index in [1.54, 1.807) is 7.11 Å². The summed E-state index contributed by atoms with van der Waals surface area (Å²) in [5.41, 5.74) is 2.32. The van der Waals surface area contributed by atoms with Gasteiger partial charge in [-0.25, -0.2) is 0 Å². The Morgan fingerprint density at radius 3 is 2.55 bits per heavy atom. The van der Waals surface area contributed by atoms with Crippen LogP contribution in [-0.2, 0) is 6.61 Å². The van der Waals surface area contributed by atoms with E-state index in [2.05, 4.69) is 28.9 Å². The number of benzene rings is 3. The average Bonchev–Trinajstić information content (AvgIpc) is 3.32. The molecule has 0 spiro atoms. The number of hydrogen-bond donors (Lipinski definition) is 0. The third-order valence-electron chi connectivity index (χ3n) is 5.32. The molecule has 1 atom stereocenters. The fraction of sp³-hybridized carbons (Fsp3) is 0.269. The molecule has 5 heteroatoms. The minimum absolute atomic E-state index is 0.361. The number of aliphatic imine (C=N–C) groups is 1. The molecule has 1 heterocycles. The largest absolute Gasteiger partial charge is 0.493 e. The zero-order chi connectivity index (χ0) is 21.5.